The van der Waals surface area contributed by atoms with Gasteiger partial charge in [0.25, 0.3) is 23.4 Å². The average Bonchev–Trinajstić information content (AvgIpc) is 3.51. The highest BCUT2D eigenvalue weighted by molar-refractivity contribution is 6.34. The Bertz CT molecular complexity index is 1220. The lowest BCUT2D eigenvalue weighted by atomic mass is 9.81. The fourth-order valence-corrected chi connectivity index (χ4v) is 5.87. The lowest BCUT2D eigenvalue weighted by Crippen LogP contribution is -2.52. The molecule has 2 aromatic carbocycles. The molecule has 0 radical (unpaired) electrons. The normalized spacial score (nSPS) is 24.9. The number of imide groups is 1. The fraction of sp³-hybridized carbons (Fsp3) is 0.333. The fourth-order valence-electron chi connectivity index (χ4n) is 5.66. The number of carbonyl (C=O) groups is 4. The van der Waals surface area contributed by atoms with E-state index in [2.05, 4.69) is 0 Å². The third-order valence-corrected chi connectivity index (χ3v) is 7.49. The Kier molecular flexibility index (Phi) is 5.44. The van der Waals surface area contributed by atoms with Crippen LogP contribution in [0.2, 0.25) is 5.02 Å². The number of hydrazine groups is 1. The maximum atomic E-state index is 13.5. The SMILES string of the molecule is O=C(CN(C(=O)c1ccccc1Cl)N1C(=O)[C@@H]2[C@H]3CC[C@@H](C3)[C@@H]2C1=O)c1cccc([N+](=O)[O-])c1. The van der Waals surface area contributed by atoms with Crippen LogP contribution in [-0.4, -0.2) is 45.0 Å². The van der Waals surface area contributed by atoms with E-state index in [9.17, 15) is 29.3 Å². The van der Waals surface area contributed by atoms with Gasteiger partial charge in [0.05, 0.1) is 27.3 Å². The van der Waals surface area contributed by atoms with Gasteiger partial charge in [0.1, 0.15) is 6.54 Å². The van der Waals surface area contributed by atoms with Crippen LogP contribution in [0.15, 0.2) is 48.5 Å². The van der Waals surface area contributed by atoms with Gasteiger partial charge in [0.2, 0.25) is 0 Å². The molecule has 10 heteroatoms. The highest BCUT2D eigenvalue weighted by atomic mass is 35.5. The Morgan fingerprint density at radius 2 is 1.68 bits per heavy atom. The monoisotopic (exact) mass is 481 g/mol. The predicted molar refractivity (Wildman–Crippen MR) is 120 cm³/mol. The summed E-state index contributed by atoms with van der Waals surface area (Å²) in [6.45, 7) is -0.641. The van der Waals surface area contributed by atoms with Gasteiger partial charge in [-0.2, -0.15) is 5.01 Å². The molecule has 3 amide bonds. The van der Waals surface area contributed by atoms with Crippen LogP contribution in [0.25, 0.3) is 0 Å². The Balaban J connectivity index is 1.51. The summed E-state index contributed by atoms with van der Waals surface area (Å²) in [4.78, 5) is 63.9. The minimum atomic E-state index is -0.765. The lowest BCUT2D eigenvalue weighted by molar-refractivity contribution is -0.384. The van der Waals surface area contributed by atoms with Gasteiger partial charge in [0, 0.05) is 17.7 Å². The number of hydrogen-bond acceptors (Lipinski definition) is 6. The third-order valence-electron chi connectivity index (χ3n) is 7.16. The van der Waals surface area contributed by atoms with Gasteiger partial charge in [-0.05, 0) is 43.2 Å². The maximum Gasteiger partial charge on any atom is 0.274 e. The summed E-state index contributed by atoms with van der Waals surface area (Å²) in [7, 11) is 0. The van der Waals surface area contributed by atoms with Crippen molar-refractivity contribution in [1.82, 2.24) is 10.0 Å². The highest BCUT2D eigenvalue weighted by Crippen LogP contribution is 2.56. The van der Waals surface area contributed by atoms with Crippen LogP contribution in [0.5, 0.6) is 0 Å². The van der Waals surface area contributed by atoms with E-state index in [1.54, 1.807) is 12.1 Å². The van der Waals surface area contributed by atoms with E-state index in [1.165, 1.54) is 30.3 Å². The van der Waals surface area contributed by atoms with Crippen LogP contribution in [0.4, 0.5) is 5.69 Å². The molecular weight excluding hydrogens is 462 g/mol. The van der Waals surface area contributed by atoms with Gasteiger partial charge in [-0.1, -0.05) is 35.9 Å². The number of ketones is 1. The third kappa shape index (κ3) is 3.47. The van der Waals surface area contributed by atoms with Crippen molar-refractivity contribution in [2.75, 3.05) is 6.54 Å². The van der Waals surface area contributed by atoms with Crippen LogP contribution in [0, 0.1) is 33.8 Å². The van der Waals surface area contributed by atoms with Gasteiger partial charge < -0.3 is 0 Å². The Morgan fingerprint density at radius 1 is 1.03 bits per heavy atom. The summed E-state index contributed by atoms with van der Waals surface area (Å²) in [5.74, 6) is -3.14. The Morgan fingerprint density at radius 3 is 2.29 bits per heavy atom. The average molecular weight is 482 g/mol. The Labute approximate surface area is 199 Å². The van der Waals surface area contributed by atoms with Crippen molar-refractivity contribution >= 4 is 40.8 Å². The number of rotatable bonds is 6. The van der Waals surface area contributed by atoms with Crippen molar-refractivity contribution in [3.8, 4) is 0 Å². The molecule has 3 fully saturated rings. The van der Waals surface area contributed by atoms with E-state index in [0.717, 1.165) is 35.3 Å². The van der Waals surface area contributed by atoms with Crippen molar-refractivity contribution in [3.63, 3.8) is 0 Å². The molecule has 5 rings (SSSR count). The maximum absolute atomic E-state index is 13.5. The first-order chi connectivity index (χ1) is 16.3. The van der Waals surface area contributed by atoms with Crippen LogP contribution < -0.4 is 0 Å². The van der Waals surface area contributed by atoms with E-state index >= 15 is 0 Å². The topological polar surface area (TPSA) is 118 Å². The van der Waals surface area contributed by atoms with E-state index in [0.29, 0.717) is 0 Å². The molecule has 1 saturated heterocycles. The second kappa shape index (κ2) is 8.32. The molecular formula is C24H20ClN3O6. The molecule has 3 aliphatic rings. The molecule has 0 unspecified atom stereocenters. The number of hydrogen-bond donors (Lipinski definition) is 0. The van der Waals surface area contributed by atoms with Gasteiger partial charge in [-0.3, -0.25) is 29.3 Å². The summed E-state index contributed by atoms with van der Waals surface area (Å²) >= 11 is 6.21. The number of fused-ring (bicyclic) bond motifs is 5. The van der Waals surface area contributed by atoms with Crippen LogP contribution in [0.3, 0.4) is 0 Å². The molecule has 0 spiro atoms. The predicted octanol–water partition coefficient (Wildman–Crippen LogP) is 3.52. The zero-order valence-corrected chi connectivity index (χ0v) is 18.7. The lowest BCUT2D eigenvalue weighted by Gasteiger charge is -2.31. The van der Waals surface area contributed by atoms with Gasteiger partial charge in [-0.25, -0.2) is 5.01 Å². The number of amides is 3. The summed E-state index contributed by atoms with van der Waals surface area (Å²) in [6.07, 6.45) is 2.55. The summed E-state index contributed by atoms with van der Waals surface area (Å²) in [5.41, 5.74) is -0.253. The molecule has 0 aromatic heterocycles. The van der Waals surface area contributed by atoms with Gasteiger partial charge >= 0.3 is 0 Å². The van der Waals surface area contributed by atoms with Crippen LogP contribution in [-0.2, 0) is 9.59 Å². The van der Waals surface area contributed by atoms with E-state index < -0.39 is 46.8 Å². The second-order valence-electron chi connectivity index (χ2n) is 8.95. The van der Waals surface area contributed by atoms with E-state index in [-0.39, 0.29) is 33.7 Å². The van der Waals surface area contributed by atoms with Crippen molar-refractivity contribution in [1.29, 1.82) is 0 Å². The van der Waals surface area contributed by atoms with Crippen molar-refractivity contribution in [2.45, 2.75) is 19.3 Å². The van der Waals surface area contributed by atoms with Crippen LogP contribution in [0.1, 0.15) is 40.0 Å². The highest BCUT2D eigenvalue weighted by Gasteiger charge is 2.62. The molecule has 2 bridgehead atoms. The summed E-state index contributed by atoms with van der Waals surface area (Å²) in [6, 6.07) is 11.3. The molecule has 4 atom stereocenters. The minimum absolute atomic E-state index is 0.00878. The largest absolute Gasteiger partial charge is 0.292 e. The summed E-state index contributed by atoms with van der Waals surface area (Å²) < 4.78 is 0. The number of Topliss-reactive ketones (excluding diaryl/α,β-unsaturated/α-hetero) is 1. The number of halogens is 1. The number of benzene rings is 2. The molecule has 2 aromatic rings. The van der Waals surface area contributed by atoms with E-state index in [4.69, 9.17) is 11.6 Å². The first kappa shape index (κ1) is 22.2. The second-order valence-corrected chi connectivity index (χ2v) is 9.35. The smallest absolute Gasteiger partial charge is 0.274 e. The number of nitrogens with zero attached hydrogens (tertiary/aromatic N) is 3. The first-order valence-corrected chi connectivity index (χ1v) is 11.4. The standard InChI is InChI=1S/C24H20ClN3O6/c25-18-7-2-1-6-17(18)22(30)26(12-19(29)13-4-3-5-16(11-13)28(33)34)27-23(31)20-14-8-9-15(10-14)21(20)24(27)32/h1-7,11,14-15,20-21H,8-10,12H2/t14-,15-,20-,21+/m0/s1. The zero-order chi connectivity index (χ0) is 24.1. The molecule has 1 heterocycles. The number of non-ortho nitro benzene ring substituents is 1. The van der Waals surface area contributed by atoms with E-state index in [1.807, 2.05) is 0 Å². The number of nitro groups is 1. The number of nitro benzene ring substituents is 1. The molecule has 0 N–H and O–H groups in total. The quantitative estimate of drug-likeness (QED) is 0.269. The molecule has 34 heavy (non-hydrogen) atoms. The molecule has 9 nitrogen and oxygen atoms in total. The molecule has 1 aliphatic heterocycles. The molecule has 2 saturated carbocycles. The van der Waals surface area contributed by atoms with Crippen molar-refractivity contribution < 1.29 is 24.1 Å². The Hall–Kier alpha value is -3.59. The van der Waals surface area contributed by atoms with Crippen molar-refractivity contribution in [2.24, 2.45) is 23.7 Å². The minimum Gasteiger partial charge on any atom is -0.292 e. The van der Waals surface area contributed by atoms with Gasteiger partial charge in [0.15, 0.2) is 5.78 Å². The van der Waals surface area contributed by atoms with Gasteiger partial charge in [-0.15, -0.1) is 0 Å². The summed E-state index contributed by atoms with van der Waals surface area (Å²) in [5, 5.41) is 12.9. The van der Waals surface area contributed by atoms with Crippen molar-refractivity contribution in [3.05, 3.63) is 74.8 Å². The number of carbonyl (C=O) groups excluding carboxylic acids is 4. The molecule has 174 valence electrons. The zero-order valence-electron chi connectivity index (χ0n) is 17.9. The first-order valence-electron chi connectivity index (χ1n) is 11.0. The van der Waals surface area contributed by atoms with Crippen LogP contribution >= 0.6 is 11.6 Å². The molecule has 2 aliphatic carbocycles.